The summed E-state index contributed by atoms with van der Waals surface area (Å²) in [7, 11) is 0.125. The molecule has 0 aliphatic carbocycles. The van der Waals surface area contributed by atoms with E-state index in [-0.39, 0.29) is 0 Å². The van der Waals surface area contributed by atoms with Crippen LogP contribution in [0.15, 0.2) is 24.3 Å². The number of anilines is 1. The molecule has 4 heteroatoms. The van der Waals surface area contributed by atoms with Gasteiger partial charge in [-0.25, -0.2) is 0 Å². The quantitative estimate of drug-likeness (QED) is 0.752. The first-order valence-electron chi connectivity index (χ1n) is 4.65. The van der Waals surface area contributed by atoms with E-state index >= 15 is 0 Å². The number of rotatable bonds is 4. The summed E-state index contributed by atoms with van der Waals surface area (Å²) in [6, 6.07) is 7.92. The molecular formula is C10H16N2OP+. The van der Waals surface area contributed by atoms with Gasteiger partial charge in [0.25, 0.3) is 0 Å². The molecule has 0 bridgehead atoms. The van der Waals surface area contributed by atoms with Crippen molar-refractivity contribution in [3.05, 3.63) is 29.8 Å². The van der Waals surface area contributed by atoms with Crippen molar-refractivity contribution < 1.29 is 4.57 Å². The number of hydrogen-bond acceptors (Lipinski definition) is 1. The van der Waals surface area contributed by atoms with Crippen LogP contribution < -0.4 is 10.2 Å². The van der Waals surface area contributed by atoms with Crippen molar-refractivity contribution in [2.45, 2.75) is 19.8 Å². The van der Waals surface area contributed by atoms with Crippen LogP contribution in [0, 0.1) is 0 Å². The van der Waals surface area contributed by atoms with E-state index in [0.717, 1.165) is 5.69 Å². The van der Waals surface area contributed by atoms with Gasteiger partial charge in [-0.3, -0.25) is 0 Å². The number of nitrogens with one attached hydrogen (secondary N) is 2. The van der Waals surface area contributed by atoms with Gasteiger partial charge in [-0.05, 0) is 22.1 Å². The zero-order valence-electron chi connectivity index (χ0n) is 8.74. The summed E-state index contributed by atoms with van der Waals surface area (Å²) in [6.07, 6.45) is 0. The molecule has 76 valence electrons. The van der Waals surface area contributed by atoms with Gasteiger partial charge in [-0.15, -0.1) is 0 Å². The lowest BCUT2D eigenvalue weighted by atomic mass is 10.0. The summed E-state index contributed by atoms with van der Waals surface area (Å²) >= 11 is 0. The summed E-state index contributed by atoms with van der Waals surface area (Å²) in [5, 5.41) is 5.62. The topological polar surface area (TPSA) is 41.1 Å². The first-order valence-corrected chi connectivity index (χ1v) is 5.91. The predicted octanol–water partition coefficient (Wildman–Crippen LogP) is 3.10. The molecule has 3 nitrogen and oxygen atoms in total. The molecule has 0 saturated heterocycles. The molecule has 0 spiro atoms. The van der Waals surface area contributed by atoms with Crippen molar-refractivity contribution in [1.29, 1.82) is 0 Å². The molecule has 0 fully saturated rings. The van der Waals surface area contributed by atoms with E-state index in [9.17, 15) is 4.57 Å². The number of benzene rings is 1. The van der Waals surface area contributed by atoms with Crippen LogP contribution in [-0.2, 0) is 4.57 Å². The summed E-state index contributed by atoms with van der Waals surface area (Å²) in [4.78, 5) is 0. The minimum absolute atomic E-state index is 0.430. The fourth-order valence-electron chi connectivity index (χ4n) is 1.27. The lowest BCUT2D eigenvalue weighted by Crippen LogP contribution is -2.02. The molecule has 1 aromatic rings. The molecule has 1 rings (SSSR count). The maximum atomic E-state index is 11.3. The van der Waals surface area contributed by atoms with E-state index in [1.807, 2.05) is 24.3 Å². The fourth-order valence-corrected chi connectivity index (χ4v) is 1.80. The van der Waals surface area contributed by atoms with Crippen LogP contribution in [0.2, 0.25) is 0 Å². The van der Waals surface area contributed by atoms with E-state index in [0.29, 0.717) is 5.92 Å². The van der Waals surface area contributed by atoms with Crippen molar-refractivity contribution in [2.75, 3.05) is 12.1 Å². The van der Waals surface area contributed by atoms with Crippen molar-refractivity contribution in [2.24, 2.45) is 0 Å². The van der Waals surface area contributed by atoms with Gasteiger partial charge in [0.15, 0.2) is 0 Å². The van der Waals surface area contributed by atoms with Crippen LogP contribution in [0.5, 0.6) is 0 Å². The van der Waals surface area contributed by atoms with Crippen LogP contribution in [0.1, 0.15) is 25.3 Å². The van der Waals surface area contributed by atoms with Gasteiger partial charge in [0, 0.05) is 7.05 Å². The molecular weight excluding hydrogens is 195 g/mol. The zero-order valence-corrected chi connectivity index (χ0v) is 9.64. The van der Waals surface area contributed by atoms with Crippen LogP contribution in [0.25, 0.3) is 0 Å². The molecule has 0 aliphatic heterocycles. The maximum Gasteiger partial charge on any atom is 0.560 e. The fraction of sp³-hybridized carbons (Fsp3) is 0.400. The van der Waals surface area contributed by atoms with Gasteiger partial charge in [-0.2, -0.15) is 5.09 Å². The molecule has 0 heterocycles. The van der Waals surface area contributed by atoms with E-state index in [2.05, 4.69) is 24.0 Å². The highest BCUT2D eigenvalue weighted by atomic mass is 31.1. The summed E-state index contributed by atoms with van der Waals surface area (Å²) in [5.74, 6) is 0.430. The third-order valence-electron chi connectivity index (χ3n) is 2.01. The Kier molecular flexibility index (Phi) is 4.05. The number of para-hydroxylation sites is 1. The standard InChI is InChI=1S/C10H16N2OP/c1-8(2)9-6-4-5-7-10(9)12-14(13)11-3/h4-8H,1-3H3,(H2,11,12,13)/q+1. The molecule has 2 N–H and O–H groups in total. The Balaban J connectivity index is 2.90. The van der Waals surface area contributed by atoms with Crippen LogP contribution in [-0.4, -0.2) is 7.05 Å². The Hall–Kier alpha value is -0.920. The van der Waals surface area contributed by atoms with Crippen molar-refractivity contribution in [3.63, 3.8) is 0 Å². The van der Waals surface area contributed by atoms with Crippen LogP contribution >= 0.6 is 8.10 Å². The maximum absolute atomic E-state index is 11.3. The molecule has 1 atom stereocenters. The number of hydrogen-bond donors (Lipinski definition) is 2. The van der Waals surface area contributed by atoms with Gasteiger partial charge in [0.1, 0.15) is 0 Å². The van der Waals surface area contributed by atoms with Gasteiger partial charge >= 0.3 is 8.10 Å². The Morgan fingerprint density at radius 2 is 1.93 bits per heavy atom. The highest BCUT2D eigenvalue weighted by Gasteiger charge is 2.15. The Bertz CT molecular complexity index is 326. The van der Waals surface area contributed by atoms with Gasteiger partial charge in [-0.1, -0.05) is 37.1 Å². The van der Waals surface area contributed by atoms with E-state index in [1.54, 1.807) is 7.05 Å². The SMILES string of the molecule is CN[P+](=O)Nc1ccccc1C(C)C. The molecule has 0 saturated carbocycles. The van der Waals surface area contributed by atoms with Gasteiger partial charge < -0.3 is 0 Å². The van der Waals surface area contributed by atoms with Crippen molar-refractivity contribution in [1.82, 2.24) is 5.09 Å². The average Bonchev–Trinajstić information content (AvgIpc) is 2.18. The Morgan fingerprint density at radius 3 is 2.50 bits per heavy atom. The molecule has 1 unspecified atom stereocenters. The molecule has 1 aromatic carbocycles. The van der Waals surface area contributed by atoms with E-state index in [1.165, 1.54) is 5.56 Å². The van der Waals surface area contributed by atoms with Gasteiger partial charge in [0.2, 0.25) is 0 Å². The van der Waals surface area contributed by atoms with Crippen molar-refractivity contribution >= 4 is 13.8 Å². The zero-order chi connectivity index (χ0) is 10.6. The summed E-state index contributed by atoms with van der Waals surface area (Å²) < 4.78 is 11.3. The smallest absolute Gasteiger partial charge is 0.162 e. The normalized spacial score (nSPS) is 11.6. The second kappa shape index (κ2) is 5.08. The second-order valence-corrected chi connectivity index (χ2v) is 4.63. The molecule has 14 heavy (non-hydrogen) atoms. The lowest BCUT2D eigenvalue weighted by Gasteiger charge is -2.08. The third-order valence-corrected chi connectivity index (χ3v) is 2.86. The largest absolute Gasteiger partial charge is 0.560 e. The highest BCUT2D eigenvalue weighted by molar-refractivity contribution is 7.44. The van der Waals surface area contributed by atoms with E-state index < -0.39 is 8.10 Å². The minimum atomic E-state index is -1.55. The molecule has 0 aromatic heterocycles. The average molecular weight is 211 g/mol. The van der Waals surface area contributed by atoms with Crippen molar-refractivity contribution in [3.8, 4) is 0 Å². The Labute approximate surface area is 85.8 Å². The highest BCUT2D eigenvalue weighted by Crippen LogP contribution is 2.28. The van der Waals surface area contributed by atoms with Gasteiger partial charge in [0.05, 0.1) is 5.69 Å². The predicted molar refractivity (Wildman–Crippen MR) is 60.8 cm³/mol. The van der Waals surface area contributed by atoms with E-state index in [4.69, 9.17) is 0 Å². The summed E-state index contributed by atoms with van der Waals surface area (Å²) in [6.45, 7) is 4.24. The molecule has 0 aliphatic rings. The Morgan fingerprint density at radius 1 is 1.29 bits per heavy atom. The monoisotopic (exact) mass is 211 g/mol. The summed E-state index contributed by atoms with van der Waals surface area (Å²) in [5.41, 5.74) is 2.13. The molecule has 0 radical (unpaired) electrons. The second-order valence-electron chi connectivity index (χ2n) is 3.37. The third kappa shape index (κ3) is 2.79. The van der Waals surface area contributed by atoms with Crippen LogP contribution in [0.4, 0.5) is 5.69 Å². The lowest BCUT2D eigenvalue weighted by molar-refractivity contribution is 0.586. The minimum Gasteiger partial charge on any atom is -0.162 e. The first kappa shape index (κ1) is 11.2. The first-order chi connectivity index (χ1) is 6.65. The molecule has 0 amide bonds. The van der Waals surface area contributed by atoms with Crippen LogP contribution in [0.3, 0.4) is 0 Å².